The van der Waals surface area contributed by atoms with Gasteiger partial charge in [0.1, 0.15) is 10.6 Å². The van der Waals surface area contributed by atoms with Crippen LogP contribution in [0.4, 0.5) is 18.2 Å². The summed E-state index contributed by atoms with van der Waals surface area (Å²) in [6.07, 6.45) is -5.05. The third-order valence-electron chi connectivity index (χ3n) is 3.64. The second kappa shape index (κ2) is 7.90. The summed E-state index contributed by atoms with van der Waals surface area (Å²) in [7, 11) is 0. The molecule has 1 N–H and O–H groups in total. The van der Waals surface area contributed by atoms with Gasteiger partial charge >= 0.3 is 18.1 Å². The molecule has 0 saturated heterocycles. The summed E-state index contributed by atoms with van der Waals surface area (Å²) in [5.74, 6) is -2.60. The Morgan fingerprint density at radius 3 is 2.31 bits per heavy atom. The molecular weight excluding hydrogens is 367 g/mol. The van der Waals surface area contributed by atoms with Gasteiger partial charge in [0.05, 0.1) is 6.61 Å². The summed E-state index contributed by atoms with van der Waals surface area (Å²) >= 11 is 0.847. The van der Waals surface area contributed by atoms with E-state index in [4.69, 9.17) is 4.74 Å². The quantitative estimate of drug-likeness (QED) is 0.719. The molecule has 26 heavy (non-hydrogen) atoms. The lowest BCUT2D eigenvalue weighted by atomic mass is 9.98. The van der Waals surface area contributed by atoms with E-state index in [2.05, 4.69) is 0 Å². The van der Waals surface area contributed by atoms with Crippen LogP contribution in [0.1, 0.15) is 42.6 Å². The summed E-state index contributed by atoms with van der Waals surface area (Å²) in [5, 5.41) is 3.11. The van der Waals surface area contributed by atoms with Gasteiger partial charge in [0, 0.05) is 10.9 Å². The molecule has 0 unspecified atom stereocenters. The Balaban J connectivity index is 2.46. The van der Waals surface area contributed by atoms with Crippen molar-refractivity contribution >= 4 is 28.2 Å². The van der Waals surface area contributed by atoms with Gasteiger partial charge in [-0.2, -0.15) is 13.2 Å². The fourth-order valence-electron chi connectivity index (χ4n) is 2.29. The van der Waals surface area contributed by atoms with E-state index in [1.807, 2.05) is 26.0 Å². The van der Waals surface area contributed by atoms with E-state index in [1.165, 1.54) is 5.38 Å². The molecule has 0 atom stereocenters. The van der Waals surface area contributed by atoms with Crippen LogP contribution in [0.15, 0.2) is 29.6 Å². The van der Waals surface area contributed by atoms with Crippen LogP contribution in [0.2, 0.25) is 0 Å². The first-order chi connectivity index (χ1) is 12.1. The molecular formula is C18H18F3NO3S. The molecule has 0 spiro atoms. The van der Waals surface area contributed by atoms with Crippen molar-refractivity contribution in [1.29, 1.82) is 0 Å². The summed E-state index contributed by atoms with van der Waals surface area (Å²) in [6, 6.07) is 7.35. The van der Waals surface area contributed by atoms with Gasteiger partial charge in [0.15, 0.2) is 0 Å². The third-order valence-corrected chi connectivity index (χ3v) is 4.54. The highest BCUT2D eigenvalue weighted by atomic mass is 32.1. The average molecular weight is 385 g/mol. The first-order valence-corrected chi connectivity index (χ1v) is 8.80. The SMILES string of the molecule is CCOC(=O)c1c(-c2ccc(C(C)C)cc2)csc1NC(=O)C(F)(F)F. The zero-order valence-corrected chi connectivity index (χ0v) is 15.3. The number of alkyl halides is 3. The maximum atomic E-state index is 12.5. The zero-order chi connectivity index (χ0) is 19.5. The van der Waals surface area contributed by atoms with Gasteiger partial charge in [-0.3, -0.25) is 4.79 Å². The molecule has 0 bridgehead atoms. The van der Waals surface area contributed by atoms with Crippen LogP contribution in [0.5, 0.6) is 0 Å². The summed E-state index contributed by atoms with van der Waals surface area (Å²) in [5.41, 5.74) is 2.08. The maximum Gasteiger partial charge on any atom is 0.471 e. The fraction of sp³-hybridized carbons (Fsp3) is 0.333. The Kier molecular flexibility index (Phi) is 6.07. The van der Waals surface area contributed by atoms with Crippen LogP contribution in [0.25, 0.3) is 11.1 Å². The average Bonchev–Trinajstić information content (AvgIpc) is 2.98. The second-order valence-corrected chi connectivity index (χ2v) is 6.68. The minimum absolute atomic E-state index is 0.0626. The second-order valence-electron chi connectivity index (χ2n) is 5.80. The lowest BCUT2D eigenvalue weighted by molar-refractivity contribution is -0.167. The van der Waals surface area contributed by atoms with Crippen LogP contribution >= 0.6 is 11.3 Å². The van der Waals surface area contributed by atoms with Gasteiger partial charge in [-0.25, -0.2) is 4.79 Å². The minimum Gasteiger partial charge on any atom is -0.462 e. The van der Waals surface area contributed by atoms with E-state index < -0.39 is 18.1 Å². The Bertz CT molecular complexity index is 795. The lowest BCUT2D eigenvalue weighted by Crippen LogP contribution is -2.30. The van der Waals surface area contributed by atoms with Crippen LogP contribution in [0, 0.1) is 0 Å². The number of esters is 1. The van der Waals surface area contributed by atoms with Crippen molar-refractivity contribution in [3.05, 3.63) is 40.8 Å². The highest BCUT2D eigenvalue weighted by molar-refractivity contribution is 7.15. The molecule has 0 radical (unpaired) electrons. The molecule has 1 aromatic heterocycles. The molecule has 0 saturated carbocycles. The van der Waals surface area contributed by atoms with Gasteiger partial charge in [-0.1, -0.05) is 38.1 Å². The first-order valence-electron chi connectivity index (χ1n) is 7.92. The number of thiophene rings is 1. The molecule has 0 fully saturated rings. The number of amides is 1. The van der Waals surface area contributed by atoms with Gasteiger partial charge in [-0.15, -0.1) is 11.3 Å². The Hall–Kier alpha value is -2.35. The maximum absolute atomic E-state index is 12.5. The highest BCUT2D eigenvalue weighted by Gasteiger charge is 2.40. The molecule has 8 heteroatoms. The highest BCUT2D eigenvalue weighted by Crippen LogP contribution is 2.37. The molecule has 140 valence electrons. The normalized spacial score (nSPS) is 11.5. The van der Waals surface area contributed by atoms with E-state index >= 15 is 0 Å². The number of hydrogen-bond acceptors (Lipinski definition) is 4. The number of anilines is 1. The Morgan fingerprint density at radius 1 is 1.19 bits per heavy atom. The van der Waals surface area contributed by atoms with Crippen molar-refractivity contribution in [2.45, 2.75) is 32.9 Å². The van der Waals surface area contributed by atoms with Gasteiger partial charge in [0.25, 0.3) is 0 Å². The topological polar surface area (TPSA) is 55.4 Å². The number of benzene rings is 1. The summed E-state index contributed by atoms with van der Waals surface area (Å²) in [6.45, 7) is 5.73. The number of halogens is 3. The van der Waals surface area contributed by atoms with Gasteiger partial charge in [-0.05, 0) is 24.0 Å². The van der Waals surface area contributed by atoms with E-state index in [-0.39, 0.29) is 17.2 Å². The van der Waals surface area contributed by atoms with Crippen molar-refractivity contribution in [2.24, 2.45) is 0 Å². The van der Waals surface area contributed by atoms with Crippen molar-refractivity contribution in [2.75, 3.05) is 11.9 Å². The fourth-order valence-corrected chi connectivity index (χ4v) is 3.24. The van der Waals surface area contributed by atoms with Crippen molar-refractivity contribution < 1.29 is 27.5 Å². The summed E-state index contributed by atoms with van der Waals surface area (Å²) in [4.78, 5) is 23.5. The van der Waals surface area contributed by atoms with Crippen LogP contribution in [-0.2, 0) is 9.53 Å². The predicted molar refractivity (Wildman–Crippen MR) is 94.5 cm³/mol. The van der Waals surface area contributed by atoms with Crippen molar-refractivity contribution in [3.8, 4) is 11.1 Å². The number of hydrogen-bond donors (Lipinski definition) is 1. The Labute approximate surface area is 153 Å². The molecule has 2 aromatic rings. The monoisotopic (exact) mass is 385 g/mol. The predicted octanol–water partition coefficient (Wildman–Crippen LogP) is 5.22. The van der Waals surface area contributed by atoms with E-state index in [0.717, 1.165) is 16.9 Å². The molecule has 1 aromatic carbocycles. The first kappa shape index (κ1) is 20.0. The van der Waals surface area contributed by atoms with Gasteiger partial charge < -0.3 is 10.1 Å². The van der Waals surface area contributed by atoms with Crippen molar-refractivity contribution in [1.82, 2.24) is 0 Å². The number of nitrogens with one attached hydrogen (secondary N) is 1. The van der Waals surface area contributed by atoms with Crippen molar-refractivity contribution in [3.63, 3.8) is 0 Å². The lowest BCUT2D eigenvalue weighted by Gasteiger charge is -2.11. The molecule has 1 amide bonds. The largest absolute Gasteiger partial charge is 0.471 e. The van der Waals surface area contributed by atoms with E-state index in [9.17, 15) is 22.8 Å². The smallest absolute Gasteiger partial charge is 0.462 e. The van der Waals surface area contributed by atoms with Gasteiger partial charge in [0.2, 0.25) is 0 Å². The van der Waals surface area contributed by atoms with Crippen LogP contribution < -0.4 is 5.32 Å². The van der Waals surface area contributed by atoms with E-state index in [1.54, 1.807) is 24.4 Å². The molecule has 0 aliphatic rings. The molecule has 1 heterocycles. The molecule has 0 aliphatic heterocycles. The van der Waals surface area contributed by atoms with E-state index in [0.29, 0.717) is 17.0 Å². The minimum atomic E-state index is -5.05. The standard InChI is InChI=1S/C18H18F3NO3S/c1-4-25-16(23)14-13(12-7-5-11(6-8-12)10(2)3)9-26-15(14)22-17(24)18(19,20)21/h5-10H,4H2,1-3H3,(H,22,24). The summed E-state index contributed by atoms with van der Waals surface area (Å²) < 4.78 is 42.6. The van der Waals surface area contributed by atoms with Crippen LogP contribution in [-0.4, -0.2) is 24.7 Å². The number of carbonyl (C=O) groups excluding carboxylic acids is 2. The molecule has 2 rings (SSSR count). The molecule has 4 nitrogen and oxygen atoms in total. The zero-order valence-electron chi connectivity index (χ0n) is 14.4. The number of carbonyl (C=O) groups is 2. The Morgan fingerprint density at radius 2 is 1.81 bits per heavy atom. The van der Waals surface area contributed by atoms with Crippen LogP contribution in [0.3, 0.4) is 0 Å². The molecule has 0 aliphatic carbocycles. The number of ether oxygens (including phenoxy) is 1. The number of rotatable bonds is 5. The third kappa shape index (κ3) is 4.43.